The third kappa shape index (κ3) is 4.55. The van der Waals surface area contributed by atoms with Gasteiger partial charge >= 0.3 is 0 Å². The lowest BCUT2D eigenvalue weighted by atomic mass is 10.2. The number of hydrogen-bond acceptors (Lipinski definition) is 5. The number of thiophene rings is 1. The van der Waals surface area contributed by atoms with Gasteiger partial charge in [-0.05, 0) is 19.4 Å². The molecule has 2 unspecified atom stereocenters. The molecule has 108 valence electrons. The molecule has 0 spiro atoms. The van der Waals surface area contributed by atoms with E-state index >= 15 is 0 Å². The largest absolute Gasteiger partial charge is 0.349 e. The van der Waals surface area contributed by atoms with Crippen molar-refractivity contribution in [2.75, 3.05) is 12.0 Å². The molecule has 0 aliphatic carbocycles. The number of rotatable bonds is 5. The highest BCUT2D eigenvalue weighted by atomic mass is 35.7. The molecule has 5 nitrogen and oxygen atoms in total. The maximum atomic E-state index is 12.0. The van der Waals surface area contributed by atoms with Gasteiger partial charge in [-0.1, -0.05) is 0 Å². The first kappa shape index (κ1) is 16.6. The molecule has 0 bridgehead atoms. The van der Waals surface area contributed by atoms with E-state index in [0.29, 0.717) is 11.3 Å². The Morgan fingerprint density at radius 2 is 2.16 bits per heavy atom. The number of hydrogen-bond donors (Lipinski definition) is 1. The zero-order valence-corrected chi connectivity index (χ0v) is 13.8. The molecule has 1 aromatic rings. The lowest BCUT2D eigenvalue weighted by molar-refractivity contribution is 0.0943. The fourth-order valence-corrected chi connectivity index (χ4v) is 4.90. The van der Waals surface area contributed by atoms with E-state index < -0.39 is 25.8 Å². The quantitative estimate of drug-likeness (QED) is 0.821. The average molecular weight is 344 g/mol. The Bertz CT molecular complexity index is 608. The minimum atomic E-state index is -3.83. The topological polar surface area (TPSA) is 80.3 Å². The van der Waals surface area contributed by atoms with Gasteiger partial charge in [0.1, 0.15) is 4.21 Å². The van der Waals surface area contributed by atoms with Crippen LogP contribution in [-0.2, 0) is 19.9 Å². The minimum absolute atomic E-state index is 0.0222. The third-order valence-electron chi connectivity index (χ3n) is 2.32. The molecule has 1 rings (SSSR count). The summed E-state index contributed by atoms with van der Waals surface area (Å²) < 4.78 is 33.5. The van der Waals surface area contributed by atoms with Crippen LogP contribution in [0.3, 0.4) is 0 Å². The monoisotopic (exact) mass is 343 g/mol. The summed E-state index contributed by atoms with van der Waals surface area (Å²) in [6.07, 6.45) is 1.55. The second kappa shape index (κ2) is 6.34. The van der Waals surface area contributed by atoms with Crippen molar-refractivity contribution >= 4 is 47.8 Å². The molecule has 1 aromatic heterocycles. The summed E-state index contributed by atoms with van der Waals surface area (Å²) in [5.41, 5.74) is 0.611. The highest BCUT2D eigenvalue weighted by molar-refractivity contribution is 8.15. The van der Waals surface area contributed by atoms with Crippen molar-refractivity contribution in [2.45, 2.75) is 24.1 Å². The van der Waals surface area contributed by atoms with Crippen molar-refractivity contribution in [2.24, 2.45) is 0 Å². The number of amides is 1. The predicted molar refractivity (Wildman–Crippen MR) is 78.0 cm³/mol. The van der Waals surface area contributed by atoms with E-state index in [-0.39, 0.29) is 15.8 Å². The van der Waals surface area contributed by atoms with Crippen LogP contribution in [0.4, 0.5) is 0 Å². The van der Waals surface area contributed by atoms with Crippen molar-refractivity contribution in [3.63, 3.8) is 0 Å². The summed E-state index contributed by atoms with van der Waals surface area (Å²) in [6, 6.07) is -0.256. The Morgan fingerprint density at radius 1 is 1.58 bits per heavy atom. The zero-order valence-electron chi connectivity index (χ0n) is 10.6. The van der Waals surface area contributed by atoms with Gasteiger partial charge in [0.15, 0.2) is 0 Å². The summed E-state index contributed by atoms with van der Waals surface area (Å²) in [6.45, 7) is 3.27. The van der Waals surface area contributed by atoms with E-state index in [1.165, 1.54) is 12.3 Å². The summed E-state index contributed by atoms with van der Waals surface area (Å²) in [7, 11) is 0.424. The van der Waals surface area contributed by atoms with Gasteiger partial charge in [-0.3, -0.25) is 9.00 Å². The molecule has 9 heteroatoms. The summed E-state index contributed by atoms with van der Waals surface area (Å²) in [4.78, 5) is 12.0. The van der Waals surface area contributed by atoms with Gasteiger partial charge in [0.2, 0.25) is 0 Å². The predicted octanol–water partition coefficient (Wildman–Crippen LogP) is 1.48. The van der Waals surface area contributed by atoms with Crippen molar-refractivity contribution in [3.05, 3.63) is 16.5 Å². The molecular weight excluding hydrogens is 330 g/mol. The van der Waals surface area contributed by atoms with Crippen LogP contribution in [0.25, 0.3) is 0 Å². The van der Waals surface area contributed by atoms with E-state index in [9.17, 15) is 17.4 Å². The molecule has 0 saturated carbocycles. The fourth-order valence-electron chi connectivity index (χ4n) is 1.56. The molecule has 0 aromatic carbocycles. The Morgan fingerprint density at radius 3 is 2.58 bits per heavy atom. The van der Waals surface area contributed by atoms with Gasteiger partial charge in [-0.25, -0.2) is 8.42 Å². The Hall–Kier alpha value is -0.440. The molecule has 0 fully saturated rings. The second-order valence-electron chi connectivity index (χ2n) is 4.11. The van der Waals surface area contributed by atoms with Crippen molar-refractivity contribution in [3.8, 4) is 0 Å². The summed E-state index contributed by atoms with van der Waals surface area (Å²) >= 11 is 0.912. The van der Waals surface area contributed by atoms with Gasteiger partial charge in [-0.2, -0.15) is 0 Å². The maximum Gasteiger partial charge on any atom is 0.271 e. The first-order valence-electron chi connectivity index (χ1n) is 5.26. The molecule has 1 N–H and O–H groups in total. The van der Waals surface area contributed by atoms with Gasteiger partial charge in [0.05, 0.1) is 5.56 Å². The van der Waals surface area contributed by atoms with Gasteiger partial charge in [0, 0.05) is 44.9 Å². The Labute approximate surface area is 123 Å². The first-order valence-corrected chi connectivity index (χ1v) is 10.2. The third-order valence-corrected chi connectivity index (χ3v) is 6.60. The number of halogens is 1. The SMILES string of the molecule is Cc1c(C(=O)NC(C)CS(C)=O)csc1S(=O)(=O)Cl. The number of carbonyl (C=O) groups is 1. The highest BCUT2D eigenvalue weighted by Gasteiger charge is 2.22. The minimum Gasteiger partial charge on any atom is -0.349 e. The molecule has 2 atom stereocenters. The lowest BCUT2D eigenvalue weighted by Gasteiger charge is -2.12. The zero-order chi connectivity index (χ0) is 14.8. The van der Waals surface area contributed by atoms with Gasteiger partial charge in [-0.15, -0.1) is 11.3 Å². The smallest absolute Gasteiger partial charge is 0.271 e. The van der Waals surface area contributed by atoms with E-state index in [1.807, 2.05) is 0 Å². The van der Waals surface area contributed by atoms with Gasteiger partial charge < -0.3 is 5.32 Å². The molecule has 1 amide bonds. The average Bonchev–Trinajstić information content (AvgIpc) is 2.57. The van der Waals surface area contributed by atoms with E-state index in [1.54, 1.807) is 13.2 Å². The molecule has 1 heterocycles. The van der Waals surface area contributed by atoms with Crippen LogP contribution in [0.5, 0.6) is 0 Å². The summed E-state index contributed by atoms with van der Waals surface area (Å²) in [5.74, 6) is -0.0476. The number of nitrogens with one attached hydrogen (secondary N) is 1. The van der Waals surface area contributed by atoms with E-state index in [4.69, 9.17) is 10.7 Å². The lowest BCUT2D eigenvalue weighted by Crippen LogP contribution is -2.36. The Balaban J connectivity index is 2.91. The highest BCUT2D eigenvalue weighted by Crippen LogP contribution is 2.29. The number of carbonyl (C=O) groups excluding carboxylic acids is 1. The van der Waals surface area contributed by atoms with E-state index in [2.05, 4.69) is 5.32 Å². The normalized spacial score (nSPS) is 14.9. The van der Waals surface area contributed by atoms with Crippen molar-refractivity contribution < 1.29 is 17.4 Å². The van der Waals surface area contributed by atoms with Crippen LogP contribution in [0.15, 0.2) is 9.59 Å². The fraction of sp³-hybridized carbons (Fsp3) is 0.500. The van der Waals surface area contributed by atoms with Crippen LogP contribution >= 0.6 is 22.0 Å². The molecule has 0 saturated heterocycles. The van der Waals surface area contributed by atoms with Crippen molar-refractivity contribution in [1.82, 2.24) is 5.32 Å². The first-order chi connectivity index (χ1) is 8.62. The molecular formula is C10H14ClNO4S3. The van der Waals surface area contributed by atoms with Crippen LogP contribution in [-0.4, -0.2) is 36.6 Å². The van der Waals surface area contributed by atoms with Crippen molar-refractivity contribution in [1.29, 1.82) is 0 Å². The molecule has 0 aliphatic rings. The van der Waals surface area contributed by atoms with Crippen LogP contribution < -0.4 is 5.32 Å². The molecule has 19 heavy (non-hydrogen) atoms. The van der Waals surface area contributed by atoms with Crippen LogP contribution in [0.1, 0.15) is 22.8 Å². The van der Waals surface area contributed by atoms with Crippen LogP contribution in [0.2, 0.25) is 0 Å². The Kier molecular flexibility index (Phi) is 5.54. The van der Waals surface area contributed by atoms with E-state index in [0.717, 1.165) is 11.3 Å². The molecule has 0 aliphatic heterocycles. The molecule has 0 radical (unpaired) electrons. The maximum absolute atomic E-state index is 12.0. The summed E-state index contributed by atoms with van der Waals surface area (Å²) in [5, 5.41) is 4.12. The second-order valence-corrected chi connectivity index (χ2v) is 9.23. The van der Waals surface area contributed by atoms with Crippen LogP contribution in [0, 0.1) is 6.92 Å². The van der Waals surface area contributed by atoms with Gasteiger partial charge in [0.25, 0.3) is 15.0 Å². The standard InChI is InChI=1S/C10H14ClNO4S3/c1-6(5-18(3)14)12-9(13)8-4-17-10(7(8)2)19(11,15)16/h4,6H,5H2,1-3H3,(H,12,13).